The number of carbonyl (C=O) groups excluding carboxylic acids is 1. The number of ether oxygens (including phenoxy) is 4. The standard InChI is InChI=1S/C30H27N5O8S2/c1-6-43-28(37)24-16(2)33-30-34(25(24)18-14-20(40-3)26(42-5)21(15-18)41-4)27(36)23(45-30)13-17-8-9-22(19(12-17)35(38)39)44-29-31-10-7-11-32-29/h7-15,25H,6H2,1-5H3/b23-13+/t25-/m1/s1. The molecular formula is C30H27N5O8S2. The van der Waals surface area contributed by atoms with E-state index in [-0.39, 0.29) is 22.4 Å². The van der Waals surface area contributed by atoms with Crippen LogP contribution in [-0.2, 0) is 9.53 Å². The highest BCUT2D eigenvalue weighted by Crippen LogP contribution is 2.42. The third-order valence-corrected chi connectivity index (χ3v) is 8.68. The van der Waals surface area contributed by atoms with Crippen molar-refractivity contribution in [2.24, 2.45) is 4.99 Å². The molecule has 0 radical (unpaired) electrons. The van der Waals surface area contributed by atoms with Crippen LogP contribution in [0.15, 0.2) is 79.9 Å². The average Bonchev–Trinajstić information content (AvgIpc) is 3.34. The number of hydrogen-bond acceptors (Lipinski definition) is 13. The Balaban J connectivity index is 1.68. The van der Waals surface area contributed by atoms with E-state index in [4.69, 9.17) is 18.9 Å². The Bertz CT molecular complexity index is 1980. The van der Waals surface area contributed by atoms with Crippen molar-refractivity contribution in [1.29, 1.82) is 0 Å². The van der Waals surface area contributed by atoms with Crippen LogP contribution < -0.4 is 29.1 Å². The van der Waals surface area contributed by atoms with Gasteiger partial charge in [0.05, 0.1) is 59.6 Å². The molecule has 0 saturated heterocycles. The van der Waals surface area contributed by atoms with E-state index in [0.29, 0.717) is 48.9 Å². The summed E-state index contributed by atoms with van der Waals surface area (Å²) < 4.78 is 23.6. The topological polar surface area (TPSA) is 157 Å². The van der Waals surface area contributed by atoms with Gasteiger partial charge >= 0.3 is 5.97 Å². The molecule has 0 saturated carbocycles. The number of thiazole rings is 1. The Morgan fingerprint density at radius 2 is 1.80 bits per heavy atom. The van der Waals surface area contributed by atoms with E-state index in [0.717, 1.165) is 23.1 Å². The molecule has 0 aliphatic carbocycles. The number of nitro groups is 1. The predicted molar refractivity (Wildman–Crippen MR) is 166 cm³/mol. The molecule has 0 unspecified atom stereocenters. The number of esters is 1. The van der Waals surface area contributed by atoms with Crippen LogP contribution in [0.3, 0.4) is 0 Å². The summed E-state index contributed by atoms with van der Waals surface area (Å²) in [4.78, 5) is 52.3. The summed E-state index contributed by atoms with van der Waals surface area (Å²) in [6.45, 7) is 3.48. The van der Waals surface area contributed by atoms with Crippen LogP contribution in [0.2, 0.25) is 0 Å². The van der Waals surface area contributed by atoms with E-state index < -0.39 is 22.5 Å². The molecule has 2 aromatic carbocycles. The van der Waals surface area contributed by atoms with Crippen LogP contribution >= 0.6 is 23.1 Å². The number of hydrogen-bond donors (Lipinski definition) is 0. The maximum Gasteiger partial charge on any atom is 0.338 e. The van der Waals surface area contributed by atoms with Crippen molar-refractivity contribution in [3.05, 3.63) is 101 Å². The van der Waals surface area contributed by atoms with Crippen molar-refractivity contribution >= 4 is 40.8 Å². The van der Waals surface area contributed by atoms with Gasteiger partial charge in [-0.2, -0.15) is 0 Å². The van der Waals surface area contributed by atoms with E-state index in [1.807, 2.05) is 0 Å². The van der Waals surface area contributed by atoms with Gasteiger partial charge in [0.1, 0.15) is 0 Å². The molecule has 1 aliphatic heterocycles. The van der Waals surface area contributed by atoms with Crippen LogP contribution in [0.25, 0.3) is 6.08 Å². The van der Waals surface area contributed by atoms with E-state index in [9.17, 15) is 19.7 Å². The number of rotatable bonds is 10. The number of nitrogens with zero attached hydrogens (tertiary/aromatic N) is 5. The minimum Gasteiger partial charge on any atom is -0.493 e. The van der Waals surface area contributed by atoms with Gasteiger partial charge in [0.25, 0.3) is 11.2 Å². The predicted octanol–water partition coefficient (Wildman–Crippen LogP) is 3.67. The molecule has 5 rings (SSSR count). The summed E-state index contributed by atoms with van der Waals surface area (Å²) in [5, 5.41) is 12.3. The van der Waals surface area contributed by atoms with Gasteiger partial charge < -0.3 is 18.9 Å². The molecule has 4 aromatic rings. The minimum absolute atomic E-state index is 0.117. The number of aromatic nitrogens is 3. The summed E-state index contributed by atoms with van der Waals surface area (Å²) in [6.07, 6.45) is 4.66. The largest absolute Gasteiger partial charge is 0.493 e. The molecule has 0 amide bonds. The monoisotopic (exact) mass is 649 g/mol. The van der Waals surface area contributed by atoms with Gasteiger partial charge in [-0.25, -0.2) is 19.8 Å². The lowest BCUT2D eigenvalue weighted by molar-refractivity contribution is -0.387. The van der Waals surface area contributed by atoms with E-state index in [1.54, 1.807) is 62.6 Å². The van der Waals surface area contributed by atoms with E-state index >= 15 is 0 Å². The first-order valence-corrected chi connectivity index (χ1v) is 15.1. The van der Waals surface area contributed by atoms with Gasteiger partial charge in [-0.05, 0) is 67.1 Å². The summed E-state index contributed by atoms with van der Waals surface area (Å²) >= 11 is 2.16. The third kappa shape index (κ3) is 6.17. The van der Waals surface area contributed by atoms with E-state index in [1.165, 1.54) is 32.0 Å². The first-order valence-electron chi connectivity index (χ1n) is 13.4. The Hall–Kier alpha value is -5.02. The van der Waals surface area contributed by atoms with Gasteiger partial charge in [-0.1, -0.05) is 17.4 Å². The average molecular weight is 650 g/mol. The first kappa shape index (κ1) is 31.4. The molecule has 0 spiro atoms. The van der Waals surface area contributed by atoms with Crippen LogP contribution in [0.4, 0.5) is 5.69 Å². The SMILES string of the molecule is CCOC(=O)C1=C(C)N=c2s/c(=C/c3ccc(Sc4ncccn4)c([N+](=O)[O-])c3)c(=O)n2[C@@H]1c1cc(OC)c(OC)c(OC)c1. The lowest BCUT2D eigenvalue weighted by Gasteiger charge is -2.26. The molecule has 0 bridgehead atoms. The molecule has 2 aromatic heterocycles. The van der Waals surface area contributed by atoms with Crippen molar-refractivity contribution in [2.75, 3.05) is 27.9 Å². The second kappa shape index (κ2) is 13.3. The third-order valence-electron chi connectivity index (χ3n) is 6.74. The van der Waals surface area contributed by atoms with Gasteiger partial charge in [0.2, 0.25) is 5.75 Å². The fraction of sp³-hybridized carbons (Fsp3) is 0.233. The summed E-state index contributed by atoms with van der Waals surface area (Å²) in [7, 11) is 4.41. The molecule has 3 heterocycles. The van der Waals surface area contributed by atoms with Crippen molar-refractivity contribution in [2.45, 2.75) is 29.9 Å². The molecule has 13 nitrogen and oxygen atoms in total. The van der Waals surface area contributed by atoms with Gasteiger partial charge in [-0.3, -0.25) is 19.5 Å². The van der Waals surface area contributed by atoms with Crippen molar-refractivity contribution in [3.8, 4) is 17.2 Å². The fourth-order valence-electron chi connectivity index (χ4n) is 4.81. The van der Waals surface area contributed by atoms with Crippen molar-refractivity contribution < 1.29 is 28.7 Å². The maximum atomic E-state index is 14.1. The lowest BCUT2D eigenvalue weighted by atomic mass is 9.95. The second-order valence-corrected chi connectivity index (χ2v) is 11.4. The summed E-state index contributed by atoms with van der Waals surface area (Å²) in [5.74, 6) is 0.380. The summed E-state index contributed by atoms with van der Waals surface area (Å²) in [5.41, 5.74) is 0.853. The van der Waals surface area contributed by atoms with E-state index in [2.05, 4.69) is 15.0 Å². The molecule has 0 N–H and O–H groups in total. The Kier molecular flexibility index (Phi) is 9.29. The van der Waals surface area contributed by atoms with Gasteiger partial charge in [0, 0.05) is 18.5 Å². The molecular weight excluding hydrogens is 622 g/mol. The van der Waals surface area contributed by atoms with Crippen LogP contribution in [0.1, 0.15) is 31.0 Å². The number of nitro benzene ring substituents is 1. The molecule has 1 atom stereocenters. The van der Waals surface area contributed by atoms with Crippen LogP contribution in [-0.4, -0.2) is 53.4 Å². The highest BCUT2D eigenvalue weighted by atomic mass is 32.2. The molecule has 45 heavy (non-hydrogen) atoms. The summed E-state index contributed by atoms with van der Waals surface area (Å²) in [6, 6.07) is 8.67. The Morgan fingerprint density at radius 1 is 1.11 bits per heavy atom. The lowest BCUT2D eigenvalue weighted by Crippen LogP contribution is -2.40. The maximum absolute atomic E-state index is 14.1. The number of allylic oxidation sites excluding steroid dienone is 1. The second-order valence-electron chi connectivity index (χ2n) is 9.38. The van der Waals surface area contributed by atoms with Gasteiger partial charge in [0.15, 0.2) is 21.5 Å². The van der Waals surface area contributed by atoms with Gasteiger partial charge in [-0.15, -0.1) is 0 Å². The zero-order chi connectivity index (χ0) is 32.2. The van der Waals surface area contributed by atoms with Crippen molar-refractivity contribution in [3.63, 3.8) is 0 Å². The highest BCUT2D eigenvalue weighted by Gasteiger charge is 2.34. The number of carbonyl (C=O) groups is 1. The van der Waals surface area contributed by atoms with Crippen LogP contribution in [0, 0.1) is 10.1 Å². The highest BCUT2D eigenvalue weighted by molar-refractivity contribution is 7.99. The zero-order valence-electron chi connectivity index (χ0n) is 24.8. The Labute approximate surface area is 264 Å². The quantitative estimate of drug-likeness (QED) is 0.107. The van der Waals surface area contributed by atoms with Crippen LogP contribution in [0.5, 0.6) is 17.2 Å². The number of fused-ring (bicyclic) bond motifs is 1. The fourth-order valence-corrected chi connectivity index (χ4v) is 6.65. The minimum atomic E-state index is -0.949. The number of benzene rings is 2. The molecule has 15 heteroatoms. The molecule has 1 aliphatic rings. The van der Waals surface area contributed by atoms with Crippen molar-refractivity contribution in [1.82, 2.24) is 14.5 Å². The normalized spacial score (nSPS) is 14.4. The molecule has 0 fully saturated rings. The molecule has 232 valence electrons. The number of methoxy groups -OCH3 is 3. The zero-order valence-corrected chi connectivity index (χ0v) is 26.4. The smallest absolute Gasteiger partial charge is 0.338 e. The Morgan fingerprint density at radius 3 is 2.40 bits per heavy atom. The first-order chi connectivity index (χ1) is 21.7.